The Morgan fingerprint density at radius 3 is 2.89 bits per heavy atom. The summed E-state index contributed by atoms with van der Waals surface area (Å²) in [5.41, 5.74) is 1.04. The van der Waals surface area contributed by atoms with Gasteiger partial charge in [-0.05, 0) is 41.8 Å². The molecule has 2 rings (SSSR count). The van der Waals surface area contributed by atoms with Crippen LogP contribution in [0.1, 0.15) is 29.7 Å². The number of nitrogens with zero attached hydrogens (tertiary/aromatic N) is 1. The summed E-state index contributed by atoms with van der Waals surface area (Å²) in [6.07, 6.45) is 5.72. The van der Waals surface area contributed by atoms with Gasteiger partial charge in [0.05, 0.1) is 0 Å². The molecule has 1 amide bonds. The molecule has 0 spiro atoms. The number of rotatable bonds is 6. The molecule has 0 radical (unpaired) electrons. The van der Waals surface area contributed by atoms with Crippen LogP contribution in [0.25, 0.3) is 6.08 Å². The maximum atomic E-state index is 11.9. The fourth-order valence-electron chi connectivity index (χ4n) is 1.81. The average Bonchev–Trinajstić information content (AvgIpc) is 3.05. The van der Waals surface area contributed by atoms with Crippen molar-refractivity contribution in [3.8, 4) is 0 Å². The summed E-state index contributed by atoms with van der Waals surface area (Å²) in [6, 6.07) is 1.92. The number of aliphatic carboxylic acids is 1. The topological polar surface area (TPSA) is 57.6 Å². The molecule has 0 bridgehead atoms. The van der Waals surface area contributed by atoms with Gasteiger partial charge >= 0.3 is 5.97 Å². The van der Waals surface area contributed by atoms with Gasteiger partial charge in [-0.3, -0.25) is 4.79 Å². The highest BCUT2D eigenvalue weighted by Crippen LogP contribution is 2.32. The largest absolute Gasteiger partial charge is 0.478 e. The molecule has 0 unspecified atom stereocenters. The van der Waals surface area contributed by atoms with Gasteiger partial charge < -0.3 is 10.0 Å². The minimum Gasteiger partial charge on any atom is -0.478 e. The molecular formula is C14H17NO3S. The lowest BCUT2D eigenvalue weighted by Gasteiger charge is -2.16. The highest BCUT2D eigenvalue weighted by atomic mass is 32.1. The molecule has 102 valence electrons. The van der Waals surface area contributed by atoms with Crippen molar-refractivity contribution in [2.24, 2.45) is 5.92 Å². The fraction of sp³-hybridized carbons (Fsp3) is 0.429. The lowest BCUT2D eigenvalue weighted by Crippen LogP contribution is -2.26. The first-order valence-electron chi connectivity index (χ1n) is 6.27. The first-order chi connectivity index (χ1) is 9.04. The van der Waals surface area contributed by atoms with E-state index in [9.17, 15) is 9.59 Å². The fourth-order valence-corrected chi connectivity index (χ4v) is 2.60. The van der Waals surface area contributed by atoms with Crippen molar-refractivity contribution in [2.45, 2.75) is 25.8 Å². The minimum atomic E-state index is -0.952. The quantitative estimate of drug-likeness (QED) is 0.814. The van der Waals surface area contributed by atoms with E-state index in [4.69, 9.17) is 5.11 Å². The molecule has 0 saturated heterocycles. The molecule has 19 heavy (non-hydrogen) atoms. The number of carbonyl (C=O) groups is 2. The zero-order valence-corrected chi connectivity index (χ0v) is 11.7. The van der Waals surface area contributed by atoms with E-state index in [0.29, 0.717) is 18.9 Å². The molecule has 1 heterocycles. The molecule has 1 aliphatic rings. The van der Waals surface area contributed by atoms with E-state index in [2.05, 4.69) is 0 Å². The zero-order chi connectivity index (χ0) is 13.8. The van der Waals surface area contributed by atoms with Crippen molar-refractivity contribution in [3.05, 3.63) is 28.0 Å². The average molecular weight is 279 g/mol. The Hall–Kier alpha value is -1.62. The Kier molecular flexibility index (Phi) is 4.37. The number of carboxylic acid groups (broad SMARTS) is 1. The van der Waals surface area contributed by atoms with Crippen LogP contribution in [-0.4, -0.2) is 28.9 Å². The van der Waals surface area contributed by atoms with Crippen LogP contribution in [0.2, 0.25) is 0 Å². The molecule has 0 atom stereocenters. The Labute approximate surface area is 116 Å². The summed E-state index contributed by atoms with van der Waals surface area (Å²) < 4.78 is 0. The second-order valence-electron chi connectivity index (χ2n) is 4.93. The molecule has 1 N–H and O–H groups in total. The number of hydrogen-bond acceptors (Lipinski definition) is 3. The van der Waals surface area contributed by atoms with Crippen molar-refractivity contribution >= 4 is 29.3 Å². The first kappa shape index (κ1) is 13.8. The lowest BCUT2D eigenvalue weighted by molar-refractivity contribution is -0.132. The first-order valence-corrected chi connectivity index (χ1v) is 7.15. The molecule has 1 fully saturated rings. The molecule has 1 aliphatic carbocycles. The normalized spacial score (nSPS) is 14.8. The van der Waals surface area contributed by atoms with Crippen LogP contribution in [0.5, 0.6) is 0 Å². The van der Waals surface area contributed by atoms with Crippen molar-refractivity contribution in [1.29, 1.82) is 0 Å². The van der Waals surface area contributed by atoms with E-state index < -0.39 is 5.97 Å². The van der Waals surface area contributed by atoms with Crippen LogP contribution >= 0.6 is 11.3 Å². The second kappa shape index (κ2) is 6.02. The monoisotopic (exact) mass is 279 g/mol. The molecule has 1 aromatic heterocycles. The van der Waals surface area contributed by atoms with Gasteiger partial charge in [0.25, 0.3) is 0 Å². The van der Waals surface area contributed by atoms with E-state index in [-0.39, 0.29) is 5.91 Å². The molecule has 0 aliphatic heterocycles. The van der Waals surface area contributed by atoms with Crippen molar-refractivity contribution in [2.75, 3.05) is 7.05 Å². The van der Waals surface area contributed by atoms with E-state index in [1.807, 2.05) is 18.5 Å². The summed E-state index contributed by atoms with van der Waals surface area (Å²) in [5.74, 6) is -0.158. The molecular weight excluding hydrogens is 262 g/mol. The predicted molar refractivity (Wildman–Crippen MR) is 74.8 cm³/mol. The van der Waals surface area contributed by atoms with Gasteiger partial charge in [0.1, 0.15) is 0 Å². The predicted octanol–water partition coefficient (Wildman–Crippen LogP) is 2.60. The van der Waals surface area contributed by atoms with E-state index >= 15 is 0 Å². The van der Waals surface area contributed by atoms with Gasteiger partial charge in [0.15, 0.2) is 0 Å². The second-order valence-corrected chi connectivity index (χ2v) is 5.87. The van der Waals surface area contributed by atoms with Crippen LogP contribution in [0, 0.1) is 5.92 Å². The van der Waals surface area contributed by atoms with E-state index in [1.54, 1.807) is 11.0 Å². The van der Waals surface area contributed by atoms with Gasteiger partial charge in [-0.1, -0.05) is 0 Å². The van der Waals surface area contributed by atoms with Gasteiger partial charge in [-0.15, -0.1) is 11.3 Å². The molecule has 5 heteroatoms. The molecule has 1 saturated carbocycles. The number of thiophene rings is 1. The minimum absolute atomic E-state index is 0.191. The van der Waals surface area contributed by atoms with Crippen LogP contribution in [0.4, 0.5) is 0 Å². The Balaban J connectivity index is 1.87. The van der Waals surface area contributed by atoms with Crippen molar-refractivity contribution in [1.82, 2.24) is 4.90 Å². The maximum Gasteiger partial charge on any atom is 0.328 e. The smallest absolute Gasteiger partial charge is 0.328 e. The third kappa shape index (κ3) is 4.52. The van der Waals surface area contributed by atoms with Crippen molar-refractivity contribution < 1.29 is 14.7 Å². The molecule has 1 aromatic rings. The summed E-state index contributed by atoms with van der Waals surface area (Å²) in [7, 11) is 1.81. The molecule has 4 nitrogen and oxygen atoms in total. The van der Waals surface area contributed by atoms with Gasteiger partial charge in [-0.25, -0.2) is 4.79 Å². The van der Waals surface area contributed by atoms with Gasteiger partial charge in [0, 0.05) is 31.0 Å². The summed E-state index contributed by atoms with van der Waals surface area (Å²) >= 11 is 1.48. The Morgan fingerprint density at radius 1 is 1.53 bits per heavy atom. The van der Waals surface area contributed by atoms with E-state index in [1.165, 1.54) is 24.2 Å². The Bertz CT molecular complexity index is 503. The summed E-state index contributed by atoms with van der Waals surface area (Å²) in [5, 5.41) is 10.5. The van der Waals surface area contributed by atoms with Gasteiger partial charge in [-0.2, -0.15) is 0 Å². The number of amides is 1. The van der Waals surface area contributed by atoms with E-state index in [0.717, 1.165) is 16.5 Å². The standard InChI is InChI=1S/C14H17NO3S/c1-15(13(16)7-10-2-3-10)8-11-6-12(19-9-11)4-5-14(17)18/h4-6,9-10H,2-3,7-8H2,1H3,(H,17,18)/b5-4+. The van der Waals surface area contributed by atoms with Crippen LogP contribution in [0.3, 0.4) is 0 Å². The lowest BCUT2D eigenvalue weighted by atomic mass is 10.2. The Morgan fingerprint density at radius 2 is 2.26 bits per heavy atom. The third-order valence-electron chi connectivity index (χ3n) is 3.07. The number of carboxylic acids is 1. The maximum absolute atomic E-state index is 11.9. The zero-order valence-electron chi connectivity index (χ0n) is 10.8. The molecule has 0 aromatic carbocycles. The van der Waals surface area contributed by atoms with Gasteiger partial charge in [0.2, 0.25) is 5.91 Å². The summed E-state index contributed by atoms with van der Waals surface area (Å²) in [6.45, 7) is 0.586. The number of hydrogen-bond donors (Lipinski definition) is 1. The number of carbonyl (C=O) groups excluding carboxylic acids is 1. The van der Waals surface area contributed by atoms with Crippen LogP contribution < -0.4 is 0 Å². The SMILES string of the molecule is CN(Cc1csc(/C=C/C(=O)O)c1)C(=O)CC1CC1. The van der Waals surface area contributed by atoms with Crippen LogP contribution in [-0.2, 0) is 16.1 Å². The highest BCUT2D eigenvalue weighted by Gasteiger charge is 2.25. The van der Waals surface area contributed by atoms with Crippen molar-refractivity contribution in [3.63, 3.8) is 0 Å². The summed E-state index contributed by atoms with van der Waals surface area (Å²) in [4.78, 5) is 24.9. The van der Waals surface area contributed by atoms with Crippen LogP contribution in [0.15, 0.2) is 17.5 Å². The highest BCUT2D eigenvalue weighted by molar-refractivity contribution is 7.11. The third-order valence-corrected chi connectivity index (χ3v) is 4.02.